The Morgan fingerprint density at radius 1 is 0.889 bits per heavy atom. The van der Waals surface area contributed by atoms with Crippen molar-refractivity contribution >= 4 is 35.1 Å². The summed E-state index contributed by atoms with van der Waals surface area (Å²) >= 11 is 12.1. The number of hydrogen-bond acceptors (Lipinski definition) is 8. The third-order valence-electron chi connectivity index (χ3n) is 9.74. The third-order valence-corrected chi connectivity index (χ3v) is 10.5. The van der Waals surface area contributed by atoms with Gasteiger partial charge in [-0.25, -0.2) is 4.79 Å². The molecule has 54 heavy (non-hydrogen) atoms. The zero-order valence-corrected chi connectivity index (χ0v) is 31.2. The first-order valence-electron chi connectivity index (χ1n) is 17.5. The molecule has 0 bridgehead atoms. The smallest absolute Gasteiger partial charge is 0.331 e. The molecule has 3 atom stereocenters. The van der Waals surface area contributed by atoms with E-state index in [2.05, 4.69) is 16.7 Å². The number of carbonyl (C=O) groups is 2. The lowest BCUT2D eigenvalue weighted by Crippen LogP contribution is -2.59. The second kappa shape index (κ2) is 15.8. The van der Waals surface area contributed by atoms with E-state index in [9.17, 15) is 9.59 Å². The highest BCUT2D eigenvalue weighted by atomic mass is 35.5. The van der Waals surface area contributed by atoms with E-state index in [1.165, 1.54) is 7.11 Å². The first-order valence-corrected chi connectivity index (χ1v) is 18.2. The molecule has 5 aromatic carbocycles. The largest absolute Gasteiger partial charge is 0.489 e. The SMILES string of the molecule is COC(=O)[C@](C)(Cc1ccc(-c2ccc(C#N)cc2)cc1)NC(=O)C1Cc2cc3c(cc2CN1)O[C@@H](c1ccc(OCc2ccc(Cl)c(Cl)c2)cc1)CO3. The standard InChI is InChI=1S/C43H37Cl2N3O6/c1-43(42(50)51-2,21-26-3-8-29(9-4-26)30-10-5-27(22-46)6-11-30)48-41(49)37-18-32-19-38-39(20-33(32)23-47-37)54-40(25-53-38)31-12-14-34(15-13-31)52-24-28-7-16-35(44)36(45)17-28/h3-17,19-20,37,40,47H,18,21,23-25H2,1-2H3,(H,48,49)/t37?,40-,43+/m1/s1. The van der Waals surface area contributed by atoms with Gasteiger partial charge in [-0.15, -0.1) is 0 Å². The molecule has 9 nitrogen and oxygen atoms in total. The summed E-state index contributed by atoms with van der Waals surface area (Å²) in [6.07, 6.45) is 0.330. The fourth-order valence-electron chi connectivity index (χ4n) is 6.72. The molecule has 5 aromatic rings. The molecule has 2 aliphatic heterocycles. The lowest BCUT2D eigenvalue weighted by atomic mass is 9.90. The molecule has 0 fully saturated rings. The number of esters is 1. The predicted octanol–water partition coefficient (Wildman–Crippen LogP) is 7.93. The molecule has 0 aliphatic carbocycles. The number of nitriles is 1. The molecule has 11 heteroatoms. The van der Waals surface area contributed by atoms with Crippen molar-refractivity contribution in [3.05, 3.63) is 147 Å². The number of benzene rings is 5. The summed E-state index contributed by atoms with van der Waals surface area (Å²) in [6, 6.07) is 33.7. The fourth-order valence-corrected chi connectivity index (χ4v) is 7.04. The number of methoxy groups -OCH3 is 1. The van der Waals surface area contributed by atoms with E-state index in [1.54, 1.807) is 31.2 Å². The minimum atomic E-state index is -1.30. The van der Waals surface area contributed by atoms with Crippen molar-refractivity contribution in [1.82, 2.24) is 10.6 Å². The quantitative estimate of drug-likeness (QED) is 0.138. The van der Waals surface area contributed by atoms with E-state index in [0.29, 0.717) is 59.0 Å². The number of amides is 1. The molecule has 2 N–H and O–H groups in total. The van der Waals surface area contributed by atoms with Crippen molar-refractivity contribution in [2.45, 2.75) is 50.6 Å². The van der Waals surface area contributed by atoms with Gasteiger partial charge in [0.2, 0.25) is 5.91 Å². The topological polar surface area (TPSA) is 119 Å². The maximum atomic E-state index is 13.7. The molecule has 2 aliphatic rings. The Kier molecular flexibility index (Phi) is 10.8. The van der Waals surface area contributed by atoms with E-state index in [0.717, 1.165) is 38.9 Å². The second-order valence-corrected chi connectivity index (χ2v) is 14.4. The average molecular weight is 763 g/mol. The maximum absolute atomic E-state index is 13.7. The molecule has 2 heterocycles. The van der Waals surface area contributed by atoms with Gasteiger partial charge >= 0.3 is 5.97 Å². The van der Waals surface area contributed by atoms with Crippen LogP contribution in [0.25, 0.3) is 11.1 Å². The van der Waals surface area contributed by atoms with Crippen molar-refractivity contribution in [3.63, 3.8) is 0 Å². The van der Waals surface area contributed by atoms with Gasteiger partial charge in [0, 0.05) is 13.0 Å². The Labute approximate surface area is 323 Å². The molecule has 0 radical (unpaired) electrons. The van der Waals surface area contributed by atoms with E-state index in [1.807, 2.05) is 78.9 Å². The number of rotatable bonds is 10. The summed E-state index contributed by atoms with van der Waals surface area (Å²) in [7, 11) is 1.32. The van der Waals surface area contributed by atoms with Crippen molar-refractivity contribution in [2.75, 3.05) is 13.7 Å². The predicted molar refractivity (Wildman–Crippen MR) is 206 cm³/mol. The Balaban J connectivity index is 0.968. The molecule has 0 spiro atoms. The summed E-state index contributed by atoms with van der Waals surface area (Å²) in [5.41, 5.74) is 5.93. The number of halogens is 2. The van der Waals surface area contributed by atoms with Gasteiger partial charge in [0.05, 0.1) is 34.8 Å². The Morgan fingerprint density at radius 2 is 1.57 bits per heavy atom. The third kappa shape index (κ3) is 8.17. The summed E-state index contributed by atoms with van der Waals surface area (Å²) in [5, 5.41) is 16.4. The van der Waals surface area contributed by atoms with Crippen molar-refractivity contribution < 1.29 is 28.5 Å². The molecular formula is C43H37Cl2N3O6. The van der Waals surface area contributed by atoms with Crippen LogP contribution in [-0.4, -0.2) is 37.2 Å². The van der Waals surface area contributed by atoms with Crippen molar-refractivity contribution in [2.24, 2.45) is 0 Å². The van der Waals surface area contributed by atoms with Crippen LogP contribution < -0.4 is 24.8 Å². The highest BCUT2D eigenvalue weighted by Gasteiger charge is 2.39. The average Bonchev–Trinajstić information content (AvgIpc) is 3.20. The highest BCUT2D eigenvalue weighted by Crippen LogP contribution is 2.40. The Morgan fingerprint density at radius 3 is 2.26 bits per heavy atom. The first kappa shape index (κ1) is 36.8. The minimum Gasteiger partial charge on any atom is -0.489 e. The van der Waals surface area contributed by atoms with E-state index >= 15 is 0 Å². The molecular weight excluding hydrogens is 725 g/mol. The monoisotopic (exact) mass is 761 g/mol. The fraction of sp³-hybridized carbons (Fsp3) is 0.233. The number of hydrogen-bond donors (Lipinski definition) is 2. The molecule has 0 aromatic heterocycles. The van der Waals surface area contributed by atoms with Crippen LogP contribution >= 0.6 is 23.2 Å². The lowest BCUT2D eigenvalue weighted by Gasteiger charge is -2.33. The number of ether oxygens (including phenoxy) is 4. The normalized spacial score (nSPS) is 16.9. The summed E-state index contributed by atoms with van der Waals surface area (Å²) in [5.74, 6) is 1.13. The molecule has 1 unspecified atom stereocenters. The number of nitrogens with zero attached hydrogens (tertiary/aromatic N) is 1. The number of fused-ring (bicyclic) bond motifs is 2. The summed E-state index contributed by atoms with van der Waals surface area (Å²) in [4.78, 5) is 26.8. The van der Waals surface area contributed by atoms with Crippen LogP contribution in [0.4, 0.5) is 0 Å². The van der Waals surface area contributed by atoms with E-state index in [4.69, 9.17) is 47.4 Å². The Hall–Kier alpha value is -5.53. The molecule has 0 saturated heterocycles. The van der Waals surface area contributed by atoms with Crippen LogP contribution in [0.1, 0.15) is 46.4 Å². The van der Waals surface area contributed by atoms with E-state index in [-0.39, 0.29) is 18.4 Å². The van der Waals surface area contributed by atoms with Gasteiger partial charge in [-0.2, -0.15) is 5.26 Å². The maximum Gasteiger partial charge on any atom is 0.331 e. The van der Waals surface area contributed by atoms with Gasteiger partial charge in [-0.05, 0) is 101 Å². The highest BCUT2D eigenvalue weighted by molar-refractivity contribution is 6.42. The van der Waals surface area contributed by atoms with Gasteiger partial charge in [0.25, 0.3) is 0 Å². The zero-order chi connectivity index (χ0) is 37.8. The van der Waals surface area contributed by atoms with Crippen molar-refractivity contribution in [3.8, 4) is 34.4 Å². The van der Waals surface area contributed by atoms with Crippen LogP contribution in [0.2, 0.25) is 10.0 Å². The van der Waals surface area contributed by atoms with Gasteiger partial charge < -0.3 is 29.6 Å². The summed E-state index contributed by atoms with van der Waals surface area (Å²) in [6.45, 7) is 2.79. The number of nitrogens with one attached hydrogen (secondary N) is 2. The minimum absolute atomic E-state index is 0.233. The lowest BCUT2D eigenvalue weighted by molar-refractivity contribution is -0.150. The first-order chi connectivity index (χ1) is 26.1. The van der Waals surface area contributed by atoms with Crippen LogP contribution in [0.5, 0.6) is 17.2 Å². The zero-order valence-electron chi connectivity index (χ0n) is 29.7. The number of carbonyl (C=O) groups excluding carboxylic acids is 2. The van der Waals surface area contributed by atoms with Crippen LogP contribution in [0.15, 0.2) is 103 Å². The van der Waals surface area contributed by atoms with Gasteiger partial charge in [-0.1, -0.05) is 77.8 Å². The summed E-state index contributed by atoms with van der Waals surface area (Å²) < 4.78 is 23.6. The second-order valence-electron chi connectivity index (χ2n) is 13.6. The van der Waals surface area contributed by atoms with Crippen molar-refractivity contribution in [1.29, 1.82) is 5.26 Å². The Bertz CT molecular complexity index is 2220. The van der Waals surface area contributed by atoms with Gasteiger partial charge in [-0.3, -0.25) is 4.79 Å². The molecule has 1 amide bonds. The van der Waals surface area contributed by atoms with Gasteiger partial charge in [0.15, 0.2) is 17.6 Å². The van der Waals surface area contributed by atoms with Gasteiger partial charge in [0.1, 0.15) is 24.5 Å². The molecule has 7 rings (SSSR count). The van der Waals surface area contributed by atoms with E-state index < -0.39 is 17.6 Å². The molecule has 0 saturated carbocycles. The van der Waals surface area contributed by atoms with Crippen LogP contribution in [-0.2, 0) is 40.3 Å². The van der Waals surface area contributed by atoms with Crippen LogP contribution in [0.3, 0.4) is 0 Å². The van der Waals surface area contributed by atoms with Crippen LogP contribution in [0, 0.1) is 11.3 Å². The molecule has 274 valence electrons.